The van der Waals surface area contributed by atoms with Crippen molar-refractivity contribution in [3.8, 4) is 0 Å². The Morgan fingerprint density at radius 2 is 1.85 bits per heavy atom. The normalized spacial score (nSPS) is 20.1. The van der Waals surface area contributed by atoms with Gasteiger partial charge >= 0.3 is 0 Å². The van der Waals surface area contributed by atoms with Crippen molar-refractivity contribution in [2.75, 3.05) is 39.8 Å². The monoisotopic (exact) mass is 283 g/mol. The lowest BCUT2D eigenvalue weighted by Gasteiger charge is -2.30. The van der Waals surface area contributed by atoms with Crippen molar-refractivity contribution in [2.24, 2.45) is 11.8 Å². The standard InChI is InChI=1S/C16H33N3O/c1-13(2)10-19(11-14(3)4)16(20)12-18-8-6-7-15(18)9-17-5/h13-15,17H,6-12H2,1-5H3. The second-order valence-corrected chi connectivity index (χ2v) is 6.91. The zero-order chi connectivity index (χ0) is 15.1. The Labute approximate surface area is 124 Å². The van der Waals surface area contributed by atoms with Crippen LogP contribution < -0.4 is 5.32 Å². The van der Waals surface area contributed by atoms with E-state index in [0.29, 0.717) is 30.3 Å². The van der Waals surface area contributed by atoms with Gasteiger partial charge in [-0.15, -0.1) is 0 Å². The highest BCUT2D eigenvalue weighted by molar-refractivity contribution is 5.78. The summed E-state index contributed by atoms with van der Waals surface area (Å²) >= 11 is 0. The molecule has 1 rings (SSSR count). The highest BCUT2D eigenvalue weighted by atomic mass is 16.2. The third-order valence-electron chi connectivity index (χ3n) is 3.80. The summed E-state index contributed by atoms with van der Waals surface area (Å²) in [6.07, 6.45) is 2.43. The fourth-order valence-corrected chi connectivity index (χ4v) is 3.00. The average molecular weight is 283 g/mol. The number of hydrogen-bond acceptors (Lipinski definition) is 3. The van der Waals surface area contributed by atoms with E-state index in [2.05, 4.69) is 42.8 Å². The Morgan fingerprint density at radius 1 is 1.25 bits per heavy atom. The number of amides is 1. The van der Waals surface area contributed by atoms with Gasteiger partial charge in [-0.25, -0.2) is 0 Å². The van der Waals surface area contributed by atoms with Gasteiger partial charge in [0, 0.05) is 25.7 Å². The van der Waals surface area contributed by atoms with Gasteiger partial charge in [-0.3, -0.25) is 9.69 Å². The van der Waals surface area contributed by atoms with Crippen LogP contribution in [-0.2, 0) is 4.79 Å². The molecule has 1 unspecified atom stereocenters. The highest BCUT2D eigenvalue weighted by Crippen LogP contribution is 2.17. The first-order valence-corrected chi connectivity index (χ1v) is 8.10. The van der Waals surface area contributed by atoms with Crippen LogP contribution in [-0.4, -0.2) is 61.5 Å². The number of carbonyl (C=O) groups is 1. The van der Waals surface area contributed by atoms with Gasteiger partial charge in [0.15, 0.2) is 0 Å². The minimum atomic E-state index is 0.301. The van der Waals surface area contributed by atoms with Crippen LogP contribution in [0.2, 0.25) is 0 Å². The molecule has 0 aliphatic carbocycles. The Balaban J connectivity index is 2.55. The summed E-state index contributed by atoms with van der Waals surface area (Å²) in [7, 11) is 1.99. The number of nitrogens with zero attached hydrogens (tertiary/aromatic N) is 2. The van der Waals surface area contributed by atoms with E-state index in [-0.39, 0.29) is 0 Å². The van der Waals surface area contributed by atoms with Crippen LogP contribution in [0.25, 0.3) is 0 Å². The molecule has 0 spiro atoms. The molecule has 0 radical (unpaired) electrons. The maximum absolute atomic E-state index is 12.6. The first kappa shape index (κ1) is 17.4. The van der Waals surface area contributed by atoms with E-state index in [9.17, 15) is 4.79 Å². The smallest absolute Gasteiger partial charge is 0.236 e. The first-order chi connectivity index (χ1) is 9.43. The summed E-state index contributed by atoms with van der Waals surface area (Å²) in [5.41, 5.74) is 0. The Kier molecular flexibility index (Phi) is 7.52. The molecule has 1 fully saturated rings. The maximum Gasteiger partial charge on any atom is 0.236 e. The number of likely N-dealkylation sites (N-methyl/N-ethyl adjacent to an activating group) is 1. The van der Waals surface area contributed by atoms with Crippen LogP contribution in [0.3, 0.4) is 0 Å². The quantitative estimate of drug-likeness (QED) is 0.738. The van der Waals surface area contributed by atoms with E-state index in [0.717, 1.165) is 26.2 Å². The van der Waals surface area contributed by atoms with Crippen LogP contribution in [0.4, 0.5) is 0 Å². The average Bonchev–Trinajstić information content (AvgIpc) is 2.75. The van der Waals surface area contributed by atoms with Crippen molar-refractivity contribution in [2.45, 2.75) is 46.6 Å². The summed E-state index contributed by atoms with van der Waals surface area (Å²) in [5.74, 6) is 1.36. The summed E-state index contributed by atoms with van der Waals surface area (Å²) in [6, 6.07) is 0.531. The van der Waals surface area contributed by atoms with Crippen molar-refractivity contribution in [3.05, 3.63) is 0 Å². The number of hydrogen-bond donors (Lipinski definition) is 1. The number of carbonyl (C=O) groups excluding carboxylic acids is 1. The number of nitrogens with one attached hydrogen (secondary N) is 1. The molecule has 0 aromatic heterocycles. The number of rotatable bonds is 8. The molecule has 1 amide bonds. The SMILES string of the molecule is CNCC1CCCN1CC(=O)N(CC(C)C)CC(C)C. The fraction of sp³-hybridized carbons (Fsp3) is 0.938. The van der Waals surface area contributed by atoms with E-state index >= 15 is 0 Å². The Morgan fingerprint density at radius 3 is 2.35 bits per heavy atom. The molecule has 4 heteroatoms. The zero-order valence-electron chi connectivity index (χ0n) is 14.0. The van der Waals surface area contributed by atoms with Crippen molar-refractivity contribution in [1.29, 1.82) is 0 Å². The van der Waals surface area contributed by atoms with Gasteiger partial charge in [-0.2, -0.15) is 0 Å². The van der Waals surface area contributed by atoms with E-state index in [4.69, 9.17) is 0 Å². The van der Waals surface area contributed by atoms with Crippen molar-refractivity contribution >= 4 is 5.91 Å². The van der Waals surface area contributed by atoms with E-state index in [1.807, 2.05) is 7.05 Å². The van der Waals surface area contributed by atoms with Crippen LogP contribution in [0.15, 0.2) is 0 Å². The molecule has 1 aliphatic heterocycles. The molecule has 1 N–H and O–H groups in total. The van der Waals surface area contributed by atoms with Gasteiger partial charge in [-0.1, -0.05) is 27.7 Å². The summed E-state index contributed by atoms with van der Waals surface area (Å²) in [4.78, 5) is 17.0. The molecule has 0 saturated carbocycles. The zero-order valence-corrected chi connectivity index (χ0v) is 14.0. The highest BCUT2D eigenvalue weighted by Gasteiger charge is 2.27. The van der Waals surface area contributed by atoms with Crippen LogP contribution in [0.5, 0.6) is 0 Å². The molecule has 0 bridgehead atoms. The van der Waals surface area contributed by atoms with Gasteiger partial charge < -0.3 is 10.2 Å². The van der Waals surface area contributed by atoms with E-state index in [1.54, 1.807) is 0 Å². The molecule has 118 valence electrons. The second-order valence-electron chi connectivity index (χ2n) is 6.91. The van der Waals surface area contributed by atoms with Gasteiger partial charge in [0.25, 0.3) is 0 Å². The largest absolute Gasteiger partial charge is 0.341 e. The van der Waals surface area contributed by atoms with Crippen molar-refractivity contribution < 1.29 is 4.79 Å². The lowest BCUT2D eigenvalue weighted by molar-refractivity contribution is -0.133. The molecule has 1 heterocycles. The lowest BCUT2D eigenvalue weighted by atomic mass is 10.1. The first-order valence-electron chi connectivity index (χ1n) is 8.10. The molecular formula is C16H33N3O. The molecule has 0 aromatic carbocycles. The predicted molar refractivity (Wildman–Crippen MR) is 84.8 cm³/mol. The van der Waals surface area contributed by atoms with Crippen molar-refractivity contribution in [1.82, 2.24) is 15.1 Å². The molecule has 1 aliphatic rings. The van der Waals surface area contributed by atoms with Crippen LogP contribution in [0, 0.1) is 11.8 Å². The lowest BCUT2D eigenvalue weighted by Crippen LogP contribution is -2.46. The van der Waals surface area contributed by atoms with E-state index < -0.39 is 0 Å². The molecule has 20 heavy (non-hydrogen) atoms. The van der Waals surface area contributed by atoms with Crippen LogP contribution in [0.1, 0.15) is 40.5 Å². The fourth-order valence-electron chi connectivity index (χ4n) is 3.00. The minimum Gasteiger partial charge on any atom is -0.341 e. The van der Waals surface area contributed by atoms with Crippen molar-refractivity contribution in [3.63, 3.8) is 0 Å². The van der Waals surface area contributed by atoms with Gasteiger partial charge in [-0.05, 0) is 38.3 Å². The summed E-state index contributed by atoms with van der Waals surface area (Å²) < 4.78 is 0. The topological polar surface area (TPSA) is 35.6 Å². The molecule has 1 saturated heterocycles. The van der Waals surface area contributed by atoms with Gasteiger partial charge in [0.2, 0.25) is 5.91 Å². The molecule has 4 nitrogen and oxygen atoms in total. The molecular weight excluding hydrogens is 250 g/mol. The second kappa shape index (κ2) is 8.63. The summed E-state index contributed by atoms with van der Waals surface area (Å²) in [5, 5.41) is 3.24. The van der Waals surface area contributed by atoms with Gasteiger partial charge in [0.05, 0.1) is 6.54 Å². The third kappa shape index (κ3) is 5.80. The van der Waals surface area contributed by atoms with E-state index in [1.165, 1.54) is 12.8 Å². The van der Waals surface area contributed by atoms with Gasteiger partial charge in [0.1, 0.15) is 0 Å². The summed E-state index contributed by atoms with van der Waals surface area (Å²) in [6.45, 7) is 13.1. The molecule has 0 aromatic rings. The molecule has 1 atom stereocenters. The Bertz CT molecular complexity index is 281. The minimum absolute atomic E-state index is 0.301. The number of likely N-dealkylation sites (tertiary alicyclic amines) is 1. The van der Waals surface area contributed by atoms with Crippen LogP contribution >= 0.6 is 0 Å². The predicted octanol–water partition coefficient (Wildman–Crippen LogP) is 1.81. The Hall–Kier alpha value is -0.610. The third-order valence-corrected chi connectivity index (χ3v) is 3.80. The maximum atomic E-state index is 12.6.